The standard InChI is InChI=1S/C13H19Cl2N3/c1-3-18(7-9(2)13(16)17)8-10-6-11(14)4-5-12(10)15/h4-6,9H,3,7-8H2,1-2H3,(H3,16,17). The van der Waals surface area contributed by atoms with Crippen LogP contribution in [0.3, 0.4) is 0 Å². The summed E-state index contributed by atoms with van der Waals surface area (Å²) in [4.78, 5) is 2.20. The summed E-state index contributed by atoms with van der Waals surface area (Å²) in [5.74, 6) is 0.258. The normalized spacial score (nSPS) is 12.7. The van der Waals surface area contributed by atoms with Crippen molar-refractivity contribution in [3.05, 3.63) is 33.8 Å². The first-order valence-corrected chi connectivity index (χ1v) is 6.69. The van der Waals surface area contributed by atoms with Gasteiger partial charge >= 0.3 is 0 Å². The molecule has 0 saturated carbocycles. The molecule has 0 aliphatic heterocycles. The Morgan fingerprint density at radius 1 is 1.44 bits per heavy atom. The first-order valence-electron chi connectivity index (χ1n) is 5.94. The average molecular weight is 288 g/mol. The number of benzene rings is 1. The molecule has 3 N–H and O–H groups in total. The number of hydrogen-bond donors (Lipinski definition) is 2. The predicted molar refractivity (Wildman–Crippen MR) is 78.5 cm³/mol. The van der Waals surface area contributed by atoms with Gasteiger partial charge in [0.05, 0.1) is 5.84 Å². The third-order valence-corrected chi connectivity index (χ3v) is 3.52. The highest BCUT2D eigenvalue weighted by Gasteiger charge is 2.13. The molecule has 100 valence electrons. The van der Waals surface area contributed by atoms with E-state index in [2.05, 4.69) is 11.8 Å². The molecule has 18 heavy (non-hydrogen) atoms. The molecule has 1 unspecified atom stereocenters. The topological polar surface area (TPSA) is 53.1 Å². The number of nitrogens with two attached hydrogens (primary N) is 1. The Hall–Kier alpha value is -0.770. The largest absolute Gasteiger partial charge is 0.387 e. The quantitative estimate of drug-likeness (QED) is 0.622. The SMILES string of the molecule is CCN(Cc1cc(Cl)ccc1Cl)CC(C)C(=N)N. The smallest absolute Gasteiger partial charge is 0.0947 e. The fourth-order valence-corrected chi connectivity index (χ4v) is 2.07. The van der Waals surface area contributed by atoms with E-state index in [1.807, 2.05) is 19.1 Å². The molecule has 0 fully saturated rings. The molecule has 0 saturated heterocycles. The van der Waals surface area contributed by atoms with E-state index in [-0.39, 0.29) is 11.8 Å². The molecule has 0 aromatic heterocycles. The Kier molecular flexibility index (Phi) is 5.93. The molecule has 1 aromatic rings. The molecule has 0 aliphatic rings. The van der Waals surface area contributed by atoms with Gasteiger partial charge < -0.3 is 5.73 Å². The van der Waals surface area contributed by atoms with Gasteiger partial charge in [-0.3, -0.25) is 10.3 Å². The van der Waals surface area contributed by atoms with Crippen molar-refractivity contribution in [2.75, 3.05) is 13.1 Å². The molecule has 0 amide bonds. The van der Waals surface area contributed by atoms with Crippen LogP contribution in [-0.4, -0.2) is 23.8 Å². The van der Waals surface area contributed by atoms with E-state index >= 15 is 0 Å². The summed E-state index contributed by atoms with van der Waals surface area (Å²) in [7, 11) is 0. The van der Waals surface area contributed by atoms with Gasteiger partial charge in [0.1, 0.15) is 0 Å². The minimum absolute atomic E-state index is 0.0444. The Balaban J connectivity index is 2.73. The lowest BCUT2D eigenvalue weighted by Gasteiger charge is -2.24. The number of amidine groups is 1. The summed E-state index contributed by atoms with van der Waals surface area (Å²) in [6.45, 7) is 6.36. The Bertz CT molecular complexity index is 421. The van der Waals surface area contributed by atoms with Gasteiger partial charge in [-0.2, -0.15) is 0 Å². The number of rotatable bonds is 6. The predicted octanol–water partition coefficient (Wildman–Crippen LogP) is 3.39. The van der Waals surface area contributed by atoms with Crippen LogP contribution in [0.25, 0.3) is 0 Å². The maximum atomic E-state index is 7.43. The molecule has 0 heterocycles. The van der Waals surface area contributed by atoms with E-state index in [9.17, 15) is 0 Å². The molecule has 0 aliphatic carbocycles. The van der Waals surface area contributed by atoms with Gasteiger partial charge in [-0.25, -0.2) is 0 Å². The zero-order valence-electron chi connectivity index (χ0n) is 10.7. The summed E-state index contributed by atoms with van der Waals surface area (Å²) < 4.78 is 0. The maximum absolute atomic E-state index is 7.43. The van der Waals surface area contributed by atoms with Gasteiger partial charge in [0.15, 0.2) is 0 Å². The van der Waals surface area contributed by atoms with Crippen LogP contribution in [0.1, 0.15) is 19.4 Å². The Morgan fingerprint density at radius 2 is 2.11 bits per heavy atom. The zero-order chi connectivity index (χ0) is 13.7. The molecular weight excluding hydrogens is 269 g/mol. The van der Waals surface area contributed by atoms with E-state index in [4.69, 9.17) is 34.3 Å². The van der Waals surface area contributed by atoms with Crippen molar-refractivity contribution in [3.8, 4) is 0 Å². The second-order valence-electron chi connectivity index (χ2n) is 4.42. The lowest BCUT2D eigenvalue weighted by molar-refractivity contribution is 0.263. The van der Waals surface area contributed by atoms with E-state index in [1.54, 1.807) is 6.07 Å². The van der Waals surface area contributed by atoms with Gasteiger partial charge in [0.25, 0.3) is 0 Å². The van der Waals surface area contributed by atoms with Crippen molar-refractivity contribution in [1.82, 2.24) is 4.90 Å². The molecule has 0 spiro atoms. The highest BCUT2D eigenvalue weighted by atomic mass is 35.5. The average Bonchev–Trinajstić information content (AvgIpc) is 2.32. The Morgan fingerprint density at radius 3 is 2.67 bits per heavy atom. The third-order valence-electron chi connectivity index (χ3n) is 2.91. The fourth-order valence-electron chi connectivity index (χ4n) is 1.70. The lowest BCUT2D eigenvalue weighted by Crippen LogP contribution is -2.34. The molecule has 3 nitrogen and oxygen atoms in total. The third kappa shape index (κ3) is 4.48. The molecule has 0 radical (unpaired) electrons. The molecular formula is C13H19Cl2N3. The first kappa shape index (κ1) is 15.3. The van der Waals surface area contributed by atoms with E-state index in [0.29, 0.717) is 16.6 Å². The van der Waals surface area contributed by atoms with Crippen LogP contribution in [-0.2, 0) is 6.54 Å². The molecule has 1 aromatic carbocycles. The Labute approximate surface area is 118 Å². The van der Waals surface area contributed by atoms with Crippen LogP contribution >= 0.6 is 23.2 Å². The number of nitrogens with zero attached hydrogens (tertiary/aromatic N) is 1. The number of halogens is 2. The molecule has 5 heteroatoms. The van der Waals surface area contributed by atoms with Crippen LogP contribution in [0.15, 0.2) is 18.2 Å². The van der Waals surface area contributed by atoms with Crippen molar-refractivity contribution >= 4 is 29.0 Å². The zero-order valence-corrected chi connectivity index (χ0v) is 12.2. The molecule has 0 bridgehead atoms. The first-order chi connectivity index (χ1) is 8.43. The van der Waals surface area contributed by atoms with Crippen LogP contribution in [0.4, 0.5) is 0 Å². The van der Waals surface area contributed by atoms with Crippen molar-refractivity contribution in [1.29, 1.82) is 5.41 Å². The van der Waals surface area contributed by atoms with Crippen LogP contribution < -0.4 is 5.73 Å². The number of nitrogens with one attached hydrogen (secondary N) is 1. The highest BCUT2D eigenvalue weighted by Crippen LogP contribution is 2.22. The van der Waals surface area contributed by atoms with E-state index in [0.717, 1.165) is 18.7 Å². The fraction of sp³-hybridized carbons (Fsp3) is 0.462. The van der Waals surface area contributed by atoms with Crippen molar-refractivity contribution in [2.45, 2.75) is 20.4 Å². The van der Waals surface area contributed by atoms with Gasteiger partial charge in [-0.05, 0) is 30.3 Å². The monoisotopic (exact) mass is 287 g/mol. The highest BCUT2D eigenvalue weighted by molar-refractivity contribution is 6.33. The van der Waals surface area contributed by atoms with Gasteiger partial charge in [0, 0.05) is 29.1 Å². The van der Waals surface area contributed by atoms with E-state index < -0.39 is 0 Å². The van der Waals surface area contributed by atoms with Crippen LogP contribution in [0.2, 0.25) is 10.0 Å². The summed E-state index contributed by atoms with van der Waals surface area (Å²) in [6.07, 6.45) is 0. The minimum Gasteiger partial charge on any atom is -0.387 e. The summed E-state index contributed by atoms with van der Waals surface area (Å²) in [5, 5.41) is 8.83. The van der Waals surface area contributed by atoms with Crippen LogP contribution in [0.5, 0.6) is 0 Å². The summed E-state index contributed by atoms with van der Waals surface area (Å²) in [5.41, 5.74) is 6.50. The second-order valence-corrected chi connectivity index (χ2v) is 5.26. The lowest BCUT2D eigenvalue weighted by atomic mass is 10.1. The van der Waals surface area contributed by atoms with E-state index in [1.165, 1.54) is 0 Å². The summed E-state index contributed by atoms with van der Waals surface area (Å²) >= 11 is 12.1. The second kappa shape index (κ2) is 6.98. The molecule has 1 atom stereocenters. The van der Waals surface area contributed by atoms with Crippen LogP contribution in [0, 0.1) is 11.3 Å². The van der Waals surface area contributed by atoms with Crippen molar-refractivity contribution < 1.29 is 0 Å². The van der Waals surface area contributed by atoms with Gasteiger partial charge in [-0.1, -0.05) is 37.0 Å². The molecule has 1 rings (SSSR count). The number of hydrogen-bond acceptors (Lipinski definition) is 2. The summed E-state index contributed by atoms with van der Waals surface area (Å²) in [6, 6.07) is 5.47. The van der Waals surface area contributed by atoms with Crippen molar-refractivity contribution in [3.63, 3.8) is 0 Å². The van der Waals surface area contributed by atoms with Gasteiger partial charge in [-0.15, -0.1) is 0 Å². The van der Waals surface area contributed by atoms with Gasteiger partial charge in [0.2, 0.25) is 0 Å². The van der Waals surface area contributed by atoms with Crippen molar-refractivity contribution in [2.24, 2.45) is 11.7 Å². The minimum atomic E-state index is 0.0444. The maximum Gasteiger partial charge on any atom is 0.0947 e.